The summed E-state index contributed by atoms with van der Waals surface area (Å²) in [6.45, 7) is 5.26. The fourth-order valence-electron chi connectivity index (χ4n) is 1.95. The molecule has 2 rings (SSSR count). The highest BCUT2D eigenvalue weighted by Crippen LogP contribution is 2.25. The van der Waals surface area contributed by atoms with Crippen LogP contribution in [0.3, 0.4) is 0 Å². The number of carbonyl (C=O) groups excluding carboxylic acids is 2. The second-order valence-corrected chi connectivity index (χ2v) is 5.26. The molecule has 5 heteroatoms. The van der Waals surface area contributed by atoms with Crippen molar-refractivity contribution in [1.29, 1.82) is 0 Å². The molecule has 0 fully saturated rings. The van der Waals surface area contributed by atoms with E-state index in [4.69, 9.17) is 9.47 Å². The molecular weight excluding hydrogens is 294 g/mol. The average molecular weight is 313 g/mol. The first-order valence-electron chi connectivity index (χ1n) is 7.31. The van der Waals surface area contributed by atoms with E-state index >= 15 is 0 Å². The predicted molar refractivity (Wildman–Crippen MR) is 87.9 cm³/mol. The summed E-state index contributed by atoms with van der Waals surface area (Å²) in [5.41, 5.74) is 0.854. The quantitative estimate of drug-likeness (QED) is 0.676. The lowest BCUT2D eigenvalue weighted by atomic mass is 10.2. The van der Waals surface area contributed by atoms with Crippen LogP contribution >= 0.6 is 0 Å². The van der Waals surface area contributed by atoms with Crippen molar-refractivity contribution in [2.75, 3.05) is 5.32 Å². The van der Waals surface area contributed by atoms with Crippen LogP contribution in [0, 0.1) is 0 Å². The maximum Gasteiger partial charge on any atom is 0.343 e. The number of ether oxygens (including phenoxy) is 2. The van der Waals surface area contributed by atoms with E-state index in [1.165, 1.54) is 6.92 Å². The molecule has 0 unspecified atom stereocenters. The zero-order valence-electron chi connectivity index (χ0n) is 13.3. The van der Waals surface area contributed by atoms with Gasteiger partial charge < -0.3 is 14.8 Å². The second-order valence-electron chi connectivity index (χ2n) is 5.26. The van der Waals surface area contributed by atoms with E-state index in [9.17, 15) is 9.59 Å². The Labute approximate surface area is 135 Å². The van der Waals surface area contributed by atoms with Crippen molar-refractivity contribution in [3.05, 3.63) is 54.1 Å². The van der Waals surface area contributed by atoms with E-state index in [0.717, 1.165) is 0 Å². The summed E-state index contributed by atoms with van der Waals surface area (Å²) >= 11 is 0. The number of amides is 1. The summed E-state index contributed by atoms with van der Waals surface area (Å²) in [5.74, 6) is 0.257. The minimum atomic E-state index is -0.501. The number of anilines is 1. The van der Waals surface area contributed by atoms with Gasteiger partial charge in [0.25, 0.3) is 0 Å². The third-order valence-corrected chi connectivity index (χ3v) is 2.86. The third kappa shape index (κ3) is 4.85. The number of nitrogens with one attached hydrogen (secondary N) is 1. The maximum atomic E-state index is 12.2. The van der Waals surface area contributed by atoms with Crippen molar-refractivity contribution >= 4 is 17.6 Å². The van der Waals surface area contributed by atoms with Crippen LogP contribution in [0.1, 0.15) is 31.1 Å². The Morgan fingerprint density at radius 3 is 2.26 bits per heavy atom. The number of hydrogen-bond acceptors (Lipinski definition) is 4. The Hall–Kier alpha value is -2.82. The van der Waals surface area contributed by atoms with Crippen molar-refractivity contribution in [2.45, 2.75) is 26.9 Å². The lowest BCUT2D eigenvalue weighted by Crippen LogP contribution is -2.12. The molecule has 2 aromatic carbocycles. The van der Waals surface area contributed by atoms with Crippen LogP contribution < -0.4 is 14.8 Å². The van der Waals surface area contributed by atoms with Crippen molar-refractivity contribution in [2.24, 2.45) is 0 Å². The number of para-hydroxylation sites is 2. The number of carbonyl (C=O) groups is 2. The molecule has 120 valence electrons. The van der Waals surface area contributed by atoms with Crippen LogP contribution in [-0.4, -0.2) is 18.0 Å². The molecule has 2 aromatic rings. The van der Waals surface area contributed by atoms with Crippen molar-refractivity contribution < 1.29 is 19.1 Å². The number of esters is 1. The van der Waals surface area contributed by atoms with Gasteiger partial charge in [0.15, 0.2) is 5.75 Å². The Morgan fingerprint density at radius 2 is 1.65 bits per heavy atom. The molecule has 23 heavy (non-hydrogen) atoms. The first-order valence-corrected chi connectivity index (χ1v) is 7.31. The van der Waals surface area contributed by atoms with E-state index < -0.39 is 5.97 Å². The minimum Gasteiger partial charge on any atom is -0.491 e. The predicted octanol–water partition coefficient (Wildman–Crippen LogP) is 3.65. The molecule has 0 radical (unpaired) electrons. The van der Waals surface area contributed by atoms with Gasteiger partial charge >= 0.3 is 5.97 Å². The standard InChI is InChI=1S/C18H19NO4/c1-12(2)22-15-10-8-14(9-11-15)18(21)23-17-7-5-4-6-16(17)19-13(3)20/h4-12H,1-3H3,(H,19,20). The molecule has 0 aliphatic carbocycles. The van der Waals surface area contributed by atoms with Gasteiger partial charge in [-0.1, -0.05) is 12.1 Å². The van der Waals surface area contributed by atoms with Gasteiger partial charge in [0, 0.05) is 6.92 Å². The van der Waals surface area contributed by atoms with Crippen LogP contribution in [0.15, 0.2) is 48.5 Å². The molecule has 0 atom stereocenters. The maximum absolute atomic E-state index is 12.2. The van der Waals surface area contributed by atoms with Gasteiger partial charge in [-0.25, -0.2) is 4.79 Å². The van der Waals surface area contributed by atoms with E-state index in [0.29, 0.717) is 22.7 Å². The highest BCUT2D eigenvalue weighted by atomic mass is 16.5. The smallest absolute Gasteiger partial charge is 0.343 e. The third-order valence-electron chi connectivity index (χ3n) is 2.86. The van der Waals surface area contributed by atoms with Crippen molar-refractivity contribution in [3.8, 4) is 11.5 Å². The number of benzene rings is 2. The normalized spacial score (nSPS) is 10.3. The molecule has 0 bridgehead atoms. The Balaban J connectivity index is 2.11. The molecule has 0 spiro atoms. The molecule has 0 saturated carbocycles. The molecular formula is C18H19NO4. The summed E-state index contributed by atoms with van der Waals surface area (Å²) in [6, 6.07) is 13.5. The minimum absolute atomic E-state index is 0.0670. The lowest BCUT2D eigenvalue weighted by Gasteiger charge is -2.11. The van der Waals surface area contributed by atoms with E-state index in [1.54, 1.807) is 48.5 Å². The van der Waals surface area contributed by atoms with Crippen LogP contribution in [0.4, 0.5) is 5.69 Å². The van der Waals surface area contributed by atoms with Crippen LogP contribution in [0.5, 0.6) is 11.5 Å². The van der Waals surface area contributed by atoms with Crippen LogP contribution in [0.25, 0.3) is 0 Å². The SMILES string of the molecule is CC(=O)Nc1ccccc1OC(=O)c1ccc(OC(C)C)cc1. The molecule has 5 nitrogen and oxygen atoms in total. The average Bonchev–Trinajstić information content (AvgIpc) is 2.49. The monoisotopic (exact) mass is 313 g/mol. The zero-order chi connectivity index (χ0) is 16.8. The van der Waals surface area contributed by atoms with Crippen LogP contribution in [-0.2, 0) is 4.79 Å². The number of hydrogen-bond donors (Lipinski definition) is 1. The Morgan fingerprint density at radius 1 is 1.00 bits per heavy atom. The summed E-state index contributed by atoms with van der Waals surface area (Å²) in [6.07, 6.45) is 0.0670. The van der Waals surface area contributed by atoms with Gasteiger partial charge in [-0.3, -0.25) is 4.79 Å². The molecule has 0 saturated heterocycles. The molecule has 0 aliphatic rings. The second kappa shape index (κ2) is 7.45. The summed E-state index contributed by atoms with van der Waals surface area (Å²) in [4.78, 5) is 23.4. The fraction of sp³-hybridized carbons (Fsp3) is 0.222. The Bertz CT molecular complexity index is 692. The molecule has 1 amide bonds. The van der Waals surface area contributed by atoms with Crippen LogP contribution in [0.2, 0.25) is 0 Å². The topological polar surface area (TPSA) is 64.6 Å². The molecule has 1 N–H and O–H groups in total. The fourth-order valence-corrected chi connectivity index (χ4v) is 1.95. The van der Waals surface area contributed by atoms with Gasteiger partial charge in [0.1, 0.15) is 5.75 Å². The largest absolute Gasteiger partial charge is 0.491 e. The van der Waals surface area contributed by atoms with E-state index in [-0.39, 0.29) is 12.0 Å². The Kier molecular flexibility index (Phi) is 5.36. The first-order chi connectivity index (χ1) is 11.0. The lowest BCUT2D eigenvalue weighted by molar-refractivity contribution is -0.114. The van der Waals surface area contributed by atoms with Gasteiger partial charge in [0.2, 0.25) is 5.91 Å². The summed E-state index contributed by atoms with van der Waals surface area (Å²) < 4.78 is 10.9. The highest BCUT2D eigenvalue weighted by molar-refractivity contribution is 5.94. The van der Waals surface area contributed by atoms with Crippen molar-refractivity contribution in [3.63, 3.8) is 0 Å². The molecule has 0 aromatic heterocycles. The highest BCUT2D eigenvalue weighted by Gasteiger charge is 2.12. The molecule has 0 aliphatic heterocycles. The van der Waals surface area contributed by atoms with Gasteiger partial charge in [-0.05, 0) is 50.2 Å². The van der Waals surface area contributed by atoms with Crippen molar-refractivity contribution in [1.82, 2.24) is 0 Å². The first kappa shape index (κ1) is 16.5. The van der Waals surface area contributed by atoms with E-state index in [2.05, 4.69) is 5.32 Å². The van der Waals surface area contributed by atoms with E-state index in [1.807, 2.05) is 13.8 Å². The van der Waals surface area contributed by atoms with Gasteiger partial charge in [-0.2, -0.15) is 0 Å². The summed E-state index contributed by atoms with van der Waals surface area (Å²) in [7, 11) is 0. The van der Waals surface area contributed by atoms with Gasteiger partial charge in [-0.15, -0.1) is 0 Å². The van der Waals surface area contributed by atoms with Gasteiger partial charge in [0.05, 0.1) is 17.4 Å². The number of rotatable bonds is 5. The zero-order valence-corrected chi connectivity index (χ0v) is 13.3. The molecule has 0 heterocycles. The summed E-state index contributed by atoms with van der Waals surface area (Å²) in [5, 5.41) is 2.62.